The van der Waals surface area contributed by atoms with Crippen molar-refractivity contribution in [3.63, 3.8) is 0 Å². The molecule has 0 spiro atoms. The maximum atomic E-state index is 13.1. The highest BCUT2D eigenvalue weighted by molar-refractivity contribution is 6.08. The maximum Gasteiger partial charge on any atom is 0.278 e. The maximum absolute atomic E-state index is 13.1. The molecule has 2 aliphatic rings. The Labute approximate surface area is 175 Å². The van der Waals surface area contributed by atoms with Crippen molar-refractivity contribution in [2.45, 2.75) is 13.0 Å². The zero-order chi connectivity index (χ0) is 21.1. The van der Waals surface area contributed by atoms with Gasteiger partial charge < -0.3 is 20.1 Å². The van der Waals surface area contributed by atoms with Gasteiger partial charge in [0.15, 0.2) is 17.1 Å². The molecule has 0 saturated heterocycles. The molecule has 0 fully saturated rings. The number of nitrogens with zero attached hydrogens (tertiary/aromatic N) is 3. The number of aromatic nitrogens is 3. The van der Waals surface area contributed by atoms with Gasteiger partial charge in [0.25, 0.3) is 11.5 Å². The second kappa shape index (κ2) is 6.36. The fourth-order valence-electron chi connectivity index (χ4n) is 4.09. The number of amides is 1. The van der Waals surface area contributed by atoms with E-state index in [9.17, 15) is 9.59 Å². The normalized spacial score (nSPS) is 14.5. The second-order valence-electron chi connectivity index (χ2n) is 7.50. The van der Waals surface area contributed by atoms with Gasteiger partial charge >= 0.3 is 0 Å². The molecule has 9 nitrogen and oxygen atoms in total. The third kappa shape index (κ3) is 2.59. The van der Waals surface area contributed by atoms with Crippen LogP contribution in [0, 0.1) is 0 Å². The summed E-state index contributed by atoms with van der Waals surface area (Å²) in [5, 5.41) is 2.90. The largest absolute Gasteiger partial charge is 0.454 e. The van der Waals surface area contributed by atoms with Gasteiger partial charge in [-0.1, -0.05) is 24.3 Å². The Morgan fingerprint density at radius 3 is 2.71 bits per heavy atom. The number of nitrogen functional groups attached to an aromatic ring is 1. The summed E-state index contributed by atoms with van der Waals surface area (Å²) in [6.45, 7) is 0.362. The number of fused-ring (bicyclic) bond motifs is 3. The highest BCUT2D eigenvalue weighted by Gasteiger charge is 2.34. The SMILES string of the molecule is Nc1[nH]n2c(=O)c3c(nc2c1Cc1ccc2c(c1)OCO2)C(=O)N(c1ccccc1)C3. The smallest absolute Gasteiger partial charge is 0.278 e. The lowest BCUT2D eigenvalue weighted by Gasteiger charge is -2.14. The van der Waals surface area contributed by atoms with E-state index in [1.807, 2.05) is 48.5 Å². The van der Waals surface area contributed by atoms with Gasteiger partial charge in [0, 0.05) is 17.7 Å². The van der Waals surface area contributed by atoms with Crippen molar-refractivity contribution >= 4 is 23.1 Å². The van der Waals surface area contributed by atoms with E-state index in [4.69, 9.17) is 15.2 Å². The summed E-state index contributed by atoms with van der Waals surface area (Å²) in [4.78, 5) is 32.3. The van der Waals surface area contributed by atoms with Crippen molar-refractivity contribution in [3.05, 3.63) is 81.3 Å². The fourth-order valence-corrected chi connectivity index (χ4v) is 4.09. The van der Waals surface area contributed by atoms with Crippen LogP contribution in [0.15, 0.2) is 53.3 Å². The number of carbonyl (C=O) groups excluding carboxylic acids is 1. The molecule has 0 saturated carbocycles. The first-order valence-electron chi connectivity index (χ1n) is 9.77. The average molecular weight is 415 g/mol. The minimum absolute atomic E-state index is 0.166. The van der Waals surface area contributed by atoms with Crippen molar-refractivity contribution in [3.8, 4) is 11.5 Å². The highest BCUT2D eigenvalue weighted by Crippen LogP contribution is 2.34. The molecule has 2 aliphatic heterocycles. The Morgan fingerprint density at radius 1 is 1.06 bits per heavy atom. The van der Waals surface area contributed by atoms with E-state index in [0.717, 1.165) is 11.3 Å². The van der Waals surface area contributed by atoms with Gasteiger partial charge in [0.1, 0.15) is 11.5 Å². The molecule has 0 atom stereocenters. The number of H-pyrrole nitrogens is 1. The minimum Gasteiger partial charge on any atom is -0.454 e. The molecule has 0 aliphatic carbocycles. The molecule has 2 aromatic heterocycles. The van der Waals surface area contributed by atoms with Crippen LogP contribution in [0.25, 0.3) is 5.65 Å². The average Bonchev–Trinajstić information content (AvgIpc) is 3.46. The zero-order valence-corrected chi connectivity index (χ0v) is 16.3. The van der Waals surface area contributed by atoms with E-state index in [0.29, 0.717) is 40.5 Å². The number of hydrogen-bond donors (Lipinski definition) is 2. The number of rotatable bonds is 3. The summed E-state index contributed by atoms with van der Waals surface area (Å²) in [6, 6.07) is 14.8. The number of benzene rings is 2. The number of para-hydroxylation sites is 1. The predicted octanol–water partition coefficient (Wildman–Crippen LogP) is 2.08. The van der Waals surface area contributed by atoms with Crippen LogP contribution in [0.4, 0.5) is 11.5 Å². The molecule has 9 heteroatoms. The molecule has 6 rings (SSSR count). The topological polar surface area (TPSA) is 115 Å². The highest BCUT2D eigenvalue weighted by atomic mass is 16.7. The van der Waals surface area contributed by atoms with Gasteiger partial charge in [-0.3, -0.25) is 14.7 Å². The Kier molecular flexibility index (Phi) is 3.61. The second-order valence-corrected chi connectivity index (χ2v) is 7.50. The van der Waals surface area contributed by atoms with E-state index < -0.39 is 0 Å². The van der Waals surface area contributed by atoms with Crippen LogP contribution in [0.5, 0.6) is 11.5 Å². The van der Waals surface area contributed by atoms with Gasteiger partial charge in [-0.05, 0) is 29.8 Å². The van der Waals surface area contributed by atoms with Crippen molar-refractivity contribution in [2.75, 3.05) is 17.4 Å². The van der Waals surface area contributed by atoms with Crippen LogP contribution in [0.3, 0.4) is 0 Å². The third-order valence-corrected chi connectivity index (χ3v) is 5.65. The van der Waals surface area contributed by atoms with Crippen LogP contribution in [-0.4, -0.2) is 27.3 Å². The Hall–Kier alpha value is -4.27. The lowest BCUT2D eigenvalue weighted by atomic mass is 10.1. The number of ether oxygens (including phenoxy) is 2. The standard InChI is InChI=1S/C22H17N5O4/c23-19-14(8-12-6-7-16-17(9-12)31-11-30-16)20-24-18-15(21(28)27(20)25-19)10-26(22(18)29)13-4-2-1-3-5-13/h1-7,9,25H,8,10-11,23H2. The fraction of sp³-hybridized carbons (Fsp3) is 0.136. The summed E-state index contributed by atoms with van der Waals surface area (Å²) < 4.78 is 12.1. The molecule has 4 aromatic rings. The van der Waals surface area contributed by atoms with Crippen molar-refractivity contribution in [1.82, 2.24) is 14.6 Å². The number of hydrogen-bond acceptors (Lipinski definition) is 6. The van der Waals surface area contributed by atoms with Crippen LogP contribution in [0.1, 0.15) is 27.2 Å². The quantitative estimate of drug-likeness (QED) is 0.529. The Morgan fingerprint density at radius 2 is 1.87 bits per heavy atom. The first-order valence-corrected chi connectivity index (χ1v) is 9.77. The molecule has 2 aromatic carbocycles. The van der Waals surface area contributed by atoms with Crippen LogP contribution in [0.2, 0.25) is 0 Å². The molecule has 1 amide bonds. The number of nitrogens with two attached hydrogens (primary N) is 1. The van der Waals surface area contributed by atoms with Crippen LogP contribution < -0.4 is 25.7 Å². The van der Waals surface area contributed by atoms with E-state index in [-0.39, 0.29) is 30.5 Å². The monoisotopic (exact) mass is 415 g/mol. The van der Waals surface area contributed by atoms with E-state index in [1.54, 1.807) is 4.90 Å². The van der Waals surface area contributed by atoms with Crippen LogP contribution >= 0.6 is 0 Å². The Bertz CT molecular complexity index is 1420. The van der Waals surface area contributed by atoms with Gasteiger partial charge in [-0.2, -0.15) is 4.52 Å². The third-order valence-electron chi connectivity index (χ3n) is 5.65. The first-order chi connectivity index (χ1) is 15.1. The molecule has 4 heterocycles. The van der Waals surface area contributed by atoms with Crippen LogP contribution in [-0.2, 0) is 13.0 Å². The molecule has 0 bridgehead atoms. The lowest BCUT2D eigenvalue weighted by molar-refractivity contribution is 0.0992. The molecule has 3 N–H and O–H groups in total. The van der Waals surface area contributed by atoms with Crippen molar-refractivity contribution in [1.29, 1.82) is 0 Å². The van der Waals surface area contributed by atoms with Crippen molar-refractivity contribution in [2.24, 2.45) is 0 Å². The molecule has 31 heavy (non-hydrogen) atoms. The van der Waals surface area contributed by atoms with E-state index in [1.165, 1.54) is 4.52 Å². The molecule has 0 unspecified atom stereocenters. The summed E-state index contributed by atoms with van der Waals surface area (Å²) >= 11 is 0. The summed E-state index contributed by atoms with van der Waals surface area (Å²) in [5.74, 6) is 1.39. The van der Waals surface area contributed by atoms with Crippen molar-refractivity contribution < 1.29 is 14.3 Å². The number of anilines is 2. The minimum atomic E-state index is -0.324. The number of carbonyl (C=O) groups is 1. The summed E-state index contributed by atoms with van der Waals surface area (Å²) in [7, 11) is 0. The lowest BCUT2D eigenvalue weighted by Crippen LogP contribution is -2.23. The van der Waals surface area contributed by atoms with Gasteiger partial charge in [0.05, 0.1) is 12.1 Å². The Balaban J connectivity index is 1.44. The van der Waals surface area contributed by atoms with E-state index >= 15 is 0 Å². The predicted molar refractivity (Wildman–Crippen MR) is 113 cm³/mol. The summed E-state index contributed by atoms with van der Waals surface area (Å²) in [5.41, 5.74) is 9.02. The van der Waals surface area contributed by atoms with E-state index in [2.05, 4.69) is 10.1 Å². The molecule has 0 radical (unpaired) electrons. The van der Waals surface area contributed by atoms with Gasteiger partial charge in [-0.25, -0.2) is 4.98 Å². The molecular formula is C22H17N5O4. The van der Waals surface area contributed by atoms with Gasteiger partial charge in [-0.15, -0.1) is 0 Å². The zero-order valence-electron chi connectivity index (χ0n) is 16.3. The van der Waals surface area contributed by atoms with Gasteiger partial charge in [0.2, 0.25) is 6.79 Å². The molecular weight excluding hydrogens is 398 g/mol. The molecule has 154 valence electrons. The first kappa shape index (κ1) is 17.6. The number of aromatic amines is 1. The number of nitrogens with one attached hydrogen (secondary N) is 1. The summed E-state index contributed by atoms with van der Waals surface area (Å²) in [6.07, 6.45) is 0.414.